The average Bonchev–Trinajstić information content (AvgIpc) is 3.10. The van der Waals surface area contributed by atoms with Crippen molar-refractivity contribution in [1.29, 1.82) is 0 Å². The smallest absolute Gasteiger partial charge is 0.259 e. The van der Waals surface area contributed by atoms with Gasteiger partial charge in [0, 0.05) is 41.2 Å². The van der Waals surface area contributed by atoms with E-state index in [-0.39, 0.29) is 5.91 Å². The first-order valence-electron chi connectivity index (χ1n) is 9.88. The number of likely N-dealkylation sites (N-methyl/N-ethyl adjacent to an activating group) is 1. The number of amides is 1. The molecule has 0 saturated heterocycles. The fourth-order valence-corrected chi connectivity index (χ4v) is 3.45. The highest BCUT2D eigenvalue weighted by atomic mass is 16.5. The molecule has 0 aliphatic carbocycles. The maximum absolute atomic E-state index is 13.1. The quantitative estimate of drug-likeness (QED) is 0.600. The molecule has 1 aliphatic rings. The summed E-state index contributed by atoms with van der Waals surface area (Å²) in [7, 11) is 5.60. The lowest BCUT2D eigenvalue weighted by atomic mass is 10.1. The normalized spacial score (nSPS) is 12.9. The van der Waals surface area contributed by atoms with Gasteiger partial charge in [0.05, 0.1) is 19.3 Å². The Hall–Kier alpha value is -3.38. The van der Waals surface area contributed by atoms with Gasteiger partial charge >= 0.3 is 0 Å². The van der Waals surface area contributed by atoms with Crippen molar-refractivity contribution in [2.24, 2.45) is 0 Å². The molecular formula is C24H25N3O3. The van der Waals surface area contributed by atoms with Crippen molar-refractivity contribution in [3.8, 4) is 22.8 Å². The summed E-state index contributed by atoms with van der Waals surface area (Å²) >= 11 is 0. The second kappa shape index (κ2) is 8.55. The van der Waals surface area contributed by atoms with E-state index in [0.717, 1.165) is 29.1 Å². The van der Waals surface area contributed by atoms with E-state index in [9.17, 15) is 4.79 Å². The number of hydrogen-bond donors (Lipinski definition) is 0. The number of hydrogen-bond acceptors (Lipinski definition) is 5. The summed E-state index contributed by atoms with van der Waals surface area (Å²) in [5.74, 6) is 1.24. The molecule has 3 aromatic rings. The molecule has 4 rings (SSSR count). The van der Waals surface area contributed by atoms with E-state index in [2.05, 4.69) is 9.88 Å². The summed E-state index contributed by atoms with van der Waals surface area (Å²) in [6.45, 7) is 1.85. The highest BCUT2D eigenvalue weighted by molar-refractivity contribution is 6.10. The van der Waals surface area contributed by atoms with Crippen LogP contribution in [0.5, 0.6) is 11.5 Å². The van der Waals surface area contributed by atoms with Crippen molar-refractivity contribution in [3.63, 3.8) is 0 Å². The third-order valence-electron chi connectivity index (χ3n) is 5.12. The SMILES string of the molecule is COc1cc(N2Cc3cnc(-c4ccccc4)cc3C2=O)ccc1OCCN(C)C. The molecule has 0 spiro atoms. The standard InChI is InChI=1S/C24H25N3O3/c1-26(2)11-12-30-22-10-9-19(13-23(22)29-3)27-16-18-15-25-21(14-20(18)24(27)28)17-7-5-4-6-8-17/h4-10,13-15H,11-12,16H2,1-3H3. The Kier molecular flexibility index (Phi) is 5.68. The van der Waals surface area contributed by atoms with Gasteiger partial charge in [0.2, 0.25) is 0 Å². The van der Waals surface area contributed by atoms with Gasteiger partial charge in [0.25, 0.3) is 5.91 Å². The van der Waals surface area contributed by atoms with Crippen LogP contribution < -0.4 is 14.4 Å². The van der Waals surface area contributed by atoms with Crippen LogP contribution in [-0.4, -0.2) is 50.1 Å². The molecule has 2 heterocycles. The molecule has 0 unspecified atom stereocenters. The lowest BCUT2D eigenvalue weighted by Crippen LogP contribution is -2.23. The number of pyridine rings is 1. The third-order valence-corrected chi connectivity index (χ3v) is 5.12. The van der Waals surface area contributed by atoms with E-state index < -0.39 is 0 Å². The number of methoxy groups -OCH3 is 1. The number of ether oxygens (including phenoxy) is 2. The number of anilines is 1. The minimum absolute atomic E-state index is 0.0343. The maximum Gasteiger partial charge on any atom is 0.259 e. The Morgan fingerprint density at radius 3 is 2.60 bits per heavy atom. The van der Waals surface area contributed by atoms with Crippen molar-refractivity contribution < 1.29 is 14.3 Å². The van der Waals surface area contributed by atoms with Crippen LogP contribution in [0.25, 0.3) is 11.3 Å². The molecule has 2 aromatic carbocycles. The van der Waals surface area contributed by atoms with Gasteiger partial charge in [-0.2, -0.15) is 0 Å². The van der Waals surface area contributed by atoms with Crippen LogP contribution in [0.4, 0.5) is 5.69 Å². The molecule has 30 heavy (non-hydrogen) atoms. The fourth-order valence-electron chi connectivity index (χ4n) is 3.45. The van der Waals surface area contributed by atoms with Gasteiger partial charge in [-0.15, -0.1) is 0 Å². The molecule has 6 heteroatoms. The van der Waals surface area contributed by atoms with Crippen LogP contribution in [0.2, 0.25) is 0 Å². The first kappa shape index (κ1) is 19.9. The minimum Gasteiger partial charge on any atom is -0.493 e. The van der Waals surface area contributed by atoms with E-state index in [1.165, 1.54) is 0 Å². The second-order valence-electron chi connectivity index (χ2n) is 7.47. The van der Waals surface area contributed by atoms with Gasteiger partial charge in [0.1, 0.15) is 6.61 Å². The Balaban J connectivity index is 1.56. The predicted molar refractivity (Wildman–Crippen MR) is 117 cm³/mol. The van der Waals surface area contributed by atoms with Gasteiger partial charge < -0.3 is 19.3 Å². The largest absolute Gasteiger partial charge is 0.493 e. The lowest BCUT2D eigenvalue weighted by molar-refractivity contribution is 0.0996. The van der Waals surface area contributed by atoms with Crippen LogP contribution >= 0.6 is 0 Å². The fraction of sp³-hybridized carbons (Fsp3) is 0.250. The molecule has 154 valence electrons. The summed E-state index contributed by atoms with van der Waals surface area (Å²) in [6.07, 6.45) is 1.80. The monoisotopic (exact) mass is 403 g/mol. The second-order valence-corrected chi connectivity index (χ2v) is 7.47. The molecule has 1 aromatic heterocycles. The highest BCUT2D eigenvalue weighted by Gasteiger charge is 2.30. The summed E-state index contributed by atoms with van der Waals surface area (Å²) < 4.78 is 11.3. The molecule has 0 radical (unpaired) electrons. The lowest BCUT2D eigenvalue weighted by Gasteiger charge is -2.19. The Bertz CT molecular complexity index is 1050. The Morgan fingerprint density at radius 1 is 1.07 bits per heavy atom. The molecule has 0 saturated carbocycles. The van der Waals surface area contributed by atoms with Crippen LogP contribution in [0.3, 0.4) is 0 Å². The number of carbonyl (C=O) groups excluding carboxylic acids is 1. The zero-order valence-electron chi connectivity index (χ0n) is 17.5. The van der Waals surface area contributed by atoms with Gasteiger partial charge in [-0.25, -0.2) is 0 Å². The molecular weight excluding hydrogens is 378 g/mol. The van der Waals surface area contributed by atoms with Crippen molar-refractivity contribution in [2.45, 2.75) is 6.54 Å². The van der Waals surface area contributed by atoms with Crippen molar-refractivity contribution in [2.75, 3.05) is 39.3 Å². The van der Waals surface area contributed by atoms with Crippen molar-refractivity contribution in [3.05, 3.63) is 71.9 Å². The van der Waals surface area contributed by atoms with E-state index in [1.54, 1.807) is 18.2 Å². The summed E-state index contributed by atoms with van der Waals surface area (Å²) in [6, 6.07) is 17.3. The number of benzene rings is 2. The predicted octanol–water partition coefficient (Wildman–Crippen LogP) is 3.86. The van der Waals surface area contributed by atoms with E-state index >= 15 is 0 Å². The third kappa shape index (κ3) is 4.00. The molecule has 1 aliphatic heterocycles. The Morgan fingerprint density at radius 2 is 1.87 bits per heavy atom. The average molecular weight is 403 g/mol. The number of fused-ring (bicyclic) bond motifs is 1. The summed E-state index contributed by atoms with van der Waals surface area (Å²) in [5, 5.41) is 0. The van der Waals surface area contributed by atoms with Crippen molar-refractivity contribution >= 4 is 11.6 Å². The van der Waals surface area contributed by atoms with Gasteiger partial charge in [0.15, 0.2) is 11.5 Å². The summed E-state index contributed by atoms with van der Waals surface area (Å²) in [4.78, 5) is 21.5. The van der Waals surface area contributed by atoms with E-state index in [4.69, 9.17) is 9.47 Å². The first-order chi connectivity index (χ1) is 14.6. The maximum atomic E-state index is 13.1. The first-order valence-corrected chi connectivity index (χ1v) is 9.88. The molecule has 0 bridgehead atoms. The van der Waals surface area contributed by atoms with Gasteiger partial charge in [-0.1, -0.05) is 30.3 Å². The van der Waals surface area contributed by atoms with Crippen LogP contribution in [0.1, 0.15) is 15.9 Å². The van der Waals surface area contributed by atoms with Gasteiger partial charge in [-0.3, -0.25) is 9.78 Å². The molecule has 0 fully saturated rings. The molecule has 1 amide bonds. The highest BCUT2D eigenvalue weighted by Crippen LogP contribution is 2.36. The minimum atomic E-state index is -0.0343. The molecule has 6 nitrogen and oxygen atoms in total. The topological polar surface area (TPSA) is 54.9 Å². The van der Waals surface area contributed by atoms with E-state index in [0.29, 0.717) is 30.2 Å². The van der Waals surface area contributed by atoms with Crippen LogP contribution in [-0.2, 0) is 6.54 Å². The zero-order chi connectivity index (χ0) is 21.1. The number of aromatic nitrogens is 1. The zero-order valence-corrected chi connectivity index (χ0v) is 17.5. The van der Waals surface area contributed by atoms with Crippen molar-refractivity contribution in [1.82, 2.24) is 9.88 Å². The molecule has 0 atom stereocenters. The van der Waals surface area contributed by atoms with E-state index in [1.807, 2.05) is 68.7 Å². The Labute approximate surface area is 176 Å². The number of rotatable bonds is 7. The van der Waals surface area contributed by atoms with Gasteiger partial charge in [-0.05, 0) is 32.3 Å². The molecule has 0 N–H and O–H groups in total. The van der Waals surface area contributed by atoms with Crippen LogP contribution in [0, 0.1) is 0 Å². The van der Waals surface area contributed by atoms with Crippen LogP contribution in [0.15, 0.2) is 60.8 Å². The number of carbonyl (C=O) groups is 1. The summed E-state index contributed by atoms with van der Waals surface area (Å²) in [5.41, 5.74) is 4.17. The number of nitrogens with zero attached hydrogens (tertiary/aromatic N) is 3.